The van der Waals surface area contributed by atoms with Gasteiger partial charge in [-0.1, -0.05) is 57.5 Å². The molecule has 0 aliphatic carbocycles. The number of hydrogen-bond acceptors (Lipinski definition) is 5. The Bertz CT molecular complexity index is 631. The van der Waals surface area contributed by atoms with Crippen LogP contribution in [0.1, 0.15) is 53.0 Å². The summed E-state index contributed by atoms with van der Waals surface area (Å²) in [7, 11) is 0. The third kappa shape index (κ3) is 4.93. The van der Waals surface area contributed by atoms with Crippen LogP contribution in [0.4, 0.5) is 0 Å². The van der Waals surface area contributed by atoms with Gasteiger partial charge in [-0.3, -0.25) is 21.4 Å². The number of rotatable bonds is 9. The minimum atomic E-state index is -0.826. The van der Waals surface area contributed by atoms with Crippen molar-refractivity contribution in [3.05, 3.63) is 47.5 Å². The Kier molecular flexibility index (Phi) is 6.98. The number of hydrazone groups is 1. The standard InChI is InChI=1S/C21H35N5/c1-6-12-18-15-21(22,23-16-20(4,5)26(7-2)8-3)25-24-19(18)17-13-10-9-11-14-17/h9-11,13-15,23,25H,6-8,12,16,22H2,1-5H3. The van der Waals surface area contributed by atoms with Gasteiger partial charge in [0.2, 0.25) is 0 Å². The zero-order chi connectivity index (χ0) is 19.2. The highest BCUT2D eigenvalue weighted by atomic mass is 15.5. The molecular formula is C21H35N5. The average molecular weight is 358 g/mol. The van der Waals surface area contributed by atoms with Crippen molar-refractivity contribution in [2.75, 3.05) is 19.6 Å². The van der Waals surface area contributed by atoms with Crippen LogP contribution in [0.3, 0.4) is 0 Å². The van der Waals surface area contributed by atoms with Crippen LogP contribution in [0, 0.1) is 0 Å². The molecule has 1 heterocycles. The first kappa shape index (κ1) is 20.6. The quantitative estimate of drug-likeness (QED) is 0.594. The van der Waals surface area contributed by atoms with Gasteiger partial charge in [-0.05, 0) is 45.0 Å². The minimum Gasteiger partial charge on any atom is -0.297 e. The highest BCUT2D eigenvalue weighted by Crippen LogP contribution is 2.21. The van der Waals surface area contributed by atoms with Gasteiger partial charge < -0.3 is 0 Å². The van der Waals surface area contributed by atoms with Crippen molar-refractivity contribution in [3.8, 4) is 0 Å². The molecule has 5 nitrogen and oxygen atoms in total. The number of allylic oxidation sites excluding steroid dienone is 1. The second-order valence-corrected chi connectivity index (χ2v) is 7.57. The van der Waals surface area contributed by atoms with Crippen LogP contribution in [0.2, 0.25) is 0 Å². The molecule has 1 aliphatic heterocycles. The minimum absolute atomic E-state index is 0.0136. The molecule has 4 N–H and O–H groups in total. The maximum atomic E-state index is 6.59. The zero-order valence-corrected chi connectivity index (χ0v) is 17.0. The van der Waals surface area contributed by atoms with Crippen LogP contribution in [0.15, 0.2) is 47.1 Å². The molecule has 0 bridgehead atoms. The smallest absolute Gasteiger partial charge is 0.177 e. The summed E-state index contributed by atoms with van der Waals surface area (Å²) in [5.74, 6) is -0.826. The monoisotopic (exact) mass is 357 g/mol. The predicted molar refractivity (Wildman–Crippen MR) is 111 cm³/mol. The van der Waals surface area contributed by atoms with Crippen LogP contribution in [0.5, 0.6) is 0 Å². The van der Waals surface area contributed by atoms with Crippen LogP contribution < -0.4 is 16.5 Å². The summed E-state index contributed by atoms with van der Waals surface area (Å²) in [5, 5.41) is 8.13. The topological polar surface area (TPSA) is 65.7 Å². The maximum absolute atomic E-state index is 6.59. The van der Waals surface area contributed by atoms with E-state index < -0.39 is 5.79 Å². The summed E-state index contributed by atoms with van der Waals surface area (Å²) in [6.45, 7) is 13.9. The third-order valence-corrected chi connectivity index (χ3v) is 5.06. The molecule has 0 fully saturated rings. The van der Waals surface area contributed by atoms with Gasteiger partial charge in [-0.25, -0.2) is 0 Å². The first-order chi connectivity index (χ1) is 12.3. The Morgan fingerprint density at radius 2 is 1.81 bits per heavy atom. The van der Waals surface area contributed by atoms with Crippen LogP contribution in [-0.4, -0.2) is 41.6 Å². The molecule has 0 saturated carbocycles. The van der Waals surface area contributed by atoms with Crippen molar-refractivity contribution >= 4 is 5.71 Å². The largest absolute Gasteiger partial charge is 0.297 e. The lowest BCUT2D eigenvalue weighted by Gasteiger charge is -2.41. The van der Waals surface area contributed by atoms with Crippen molar-refractivity contribution in [1.29, 1.82) is 0 Å². The van der Waals surface area contributed by atoms with Gasteiger partial charge in [-0.2, -0.15) is 5.10 Å². The molecule has 0 aromatic heterocycles. The number of benzene rings is 1. The molecule has 26 heavy (non-hydrogen) atoms. The first-order valence-electron chi connectivity index (χ1n) is 9.76. The Balaban J connectivity index is 2.17. The van der Waals surface area contributed by atoms with E-state index in [1.807, 2.05) is 18.2 Å². The van der Waals surface area contributed by atoms with Crippen LogP contribution in [0.25, 0.3) is 0 Å². The molecule has 0 radical (unpaired) electrons. The molecule has 1 atom stereocenters. The maximum Gasteiger partial charge on any atom is 0.177 e. The van der Waals surface area contributed by atoms with Crippen LogP contribution >= 0.6 is 0 Å². The Hall–Kier alpha value is -1.69. The lowest BCUT2D eigenvalue weighted by molar-refractivity contribution is 0.120. The summed E-state index contributed by atoms with van der Waals surface area (Å²) in [4.78, 5) is 2.43. The molecule has 144 valence electrons. The van der Waals surface area contributed by atoms with E-state index in [0.29, 0.717) is 0 Å². The molecule has 1 unspecified atom stereocenters. The van der Waals surface area contributed by atoms with Crippen molar-refractivity contribution in [3.63, 3.8) is 0 Å². The number of nitrogens with zero attached hydrogens (tertiary/aromatic N) is 2. The van der Waals surface area contributed by atoms with E-state index in [0.717, 1.165) is 43.8 Å². The van der Waals surface area contributed by atoms with E-state index in [1.165, 1.54) is 5.57 Å². The summed E-state index contributed by atoms with van der Waals surface area (Å²) in [6.07, 6.45) is 4.11. The fourth-order valence-corrected chi connectivity index (χ4v) is 3.55. The molecule has 1 aromatic carbocycles. The molecule has 0 amide bonds. The molecule has 5 heteroatoms. The number of nitrogens with one attached hydrogen (secondary N) is 2. The average Bonchev–Trinajstić information content (AvgIpc) is 2.62. The molecule has 0 spiro atoms. The van der Waals surface area contributed by atoms with E-state index in [2.05, 4.69) is 73.6 Å². The Labute approximate surface area is 158 Å². The molecule has 1 aromatic rings. The Morgan fingerprint density at radius 1 is 1.15 bits per heavy atom. The second kappa shape index (κ2) is 8.80. The third-order valence-electron chi connectivity index (χ3n) is 5.06. The Morgan fingerprint density at radius 3 is 2.38 bits per heavy atom. The van der Waals surface area contributed by atoms with E-state index in [9.17, 15) is 0 Å². The van der Waals surface area contributed by atoms with Gasteiger partial charge in [0.25, 0.3) is 0 Å². The second-order valence-electron chi connectivity index (χ2n) is 7.57. The lowest BCUT2D eigenvalue weighted by atomic mass is 9.95. The van der Waals surface area contributed by atoms with Crippen molar-refractivity contribution in [1.82, 2.24) is 15.6 Å². The normalized spacial score (nSPS) is 20.6. The first-order valence-corrected chi connectivity index (χ1v) is 9.76. The summed E-state index contributed by atoms with van der Waals surface area (Å²) in [6, 6.07) is 10.3. The molecular weight excluding hydrogens is 322 g/mol. The van der Waals surface area contributed by atoms with E-state index in [1.54, 1.807) is 0 Å². The highest BCUT2D eigenvalue weighted by Gasteiger charge is 2.32. The van der Waals surface area contributed by atoms with Gasteiger partial charge in [0.1, 0.15) is 0 Å². The lowest BCUT2D eigenvalue weighted by Crippen LogP contribution is -2.66. The van der Waals surface area contributed by atoms with Crippen molar-refractivity contribution in [2.45, 2.75) is 58.8 Å². The number of nitrogens with two attached hydrogens (primary N) is 1. The highest BCUT2D eigenvalue weighted by molar-refractivity contribution is 6.13. The van der Waals surface area contributed by atoms with Gasteiger partial charge >= 0.3 is 0 Å². The summed E-state index contributed by atoms with van der Waals surface area (Å²) >= 11 is 0. The fourth-order valence-electron chi connectivity index (χ4n) is 3.55. The summed E-state index contributed by atoms with van der Waals surface area (Å²) in [5.41, 5.74) is 13.0. The van der Waals surface area contributed by atoms with Crippen molar-refractivity contribution in [2.24, 2.45) is 10.8 Å². The SMILES string of the molecule is CCCC1=CC(N)(NCC(C)(C)N(CC)CC)NN=C1c1ccccc1. The van der Waals surface area contributed by atoms with E-state index >= 15 is 0 Å². The van der Waals surface area contributed by atoms with Crippen LogP contribution in [-0.2, 0) is 0 Å². The van der Waals surface area contributed by atoms with Gasteiger partial charge in [0, 0.05) is 17.6 Å². The molecule has 2 rings (SSSR count). The van der Waals surface area contributed by atoms with Gasteiger partial charge in [0.05, 0.1) is 5.71 Å². The summed E-state index contributed by atoms with van der Waals surface area (Å²) < 4.78 is 0. The van der Waals surface area contributed by atoms with Crippen molar-refractivity contribution < 1.29 is 0 Å². The zero-order valence-electron chi connectivity index (χ0n) is 17.0. The van der Waals surface area contributed by atoms with E-state index in [4.69, 9.17) is 5.73 Å². The number of hydrogen-bond donors (Lipinski definition) is 3. The molecule has 1 aliphatic rings. The number of likely N-dealkylation sites (N-methyl/N-ethyl adjacent to an activating group) is 1. The van der Waals surface area contributed by atoms with Gasteiger partial charge in [-0.15, -0.1) is 0 Å². The predicted octanol–water partition coefficient (Wildman–Crippen LogP) is 3.04. The van der Waals surface area contributed by atoms with E-state index in [-0.39, 0.29) is 5.54 Å². The van der Waals surface area contributed by atoms with Gasteiger partial charge in [0.15, 0.2) is 5.79 Å². The molecule has 0 saturated heterocycles. The fraction of sp³-hybridized carbons (Fsp3) is 0.571.